The lowest BCUT2D eigenvalue weighted by Gasteiger charge is -2.21. The van der Waals surface area contributed by atoms with Crippen LogP contribution in [0, 0.1) is 13.8 Å². The first kappa shape index (κ1) is 26.6. The molecule has 8 heteroatoms. The second kappa shape index (κ2) is 11.4. The molecule has 5 rings (SSSR count). The van der Waals surface area contributed by atoms with E-state index in [1.54, 1.807) is 59.2 Å². The zero-order valence-corrected chi connectivity index (χ0v) is 24.7. The molecule has 5 aromatic rings. The summed E-state index contributed by atoms with van der Waals surface area (Å²) in [6.45, 7) is 7.78. The van der Waals surface area contributed by atoms with E-state index in [0.29, 0.717) is 0 Å². The molecule has 0 amide bonds. The number of esters is 2. The summed E-state index contributed by atoms with van der Waals surface area (Å²) in [4.78, 5) is 33.4. The first-order valence-corrected chi connectivity index (χ1v) is 15.6. The summed E-state index contributed by atoms with van der Waals surface area (Å²) in [7, 11) is 0. The van der Waals surface area contributed by atoms with Crippen LogP contribution in [0.3, 0.4) is 0 Å². The van der Waals surface area contributed by atoms with Gasteiger partial charge in [0.2, 0.25) is 0 Å². The molecule has 0 radical (unpaired) electrons. The molecule has 0 saturated heterocycles. The van der Waals surface area contributed by atoms with Crippen LogP contribution in [0.25, 0.3) is 40.4 Å². The molecule has 0 bridgehead atoms. The van der Waals surface area contributed by atoms with Crippen molar-refractivity contribution in [1.29, 1.82) is 0 Å². The van der Waals surface area contributed by atoms with Gasteiger partial charge in [-0.3, -0.25) is 0 Å². The molecule has 0 fully saturated rings. The predicted molar refractivity (Wildman–Crippen MR) is 161 cm³/mol. The van der Waals surface area contributed by atoms with E-state index in [9.17, 15) is 9.59 Å². The van der Waals surface area contributed by atoms with Gasteiger partial charge in [0, 0.05) is 40.4 Å². The topological polar surface area (TPSA) is 52.6 Å². The zero-order chi connectivity index (χ0) is 26.8. The van der Waals surface area contributed by atoms with Crippen LogP contribution in [0.2, 0.25) is 0 Å². The lowest BCUT2D eigenvalue weighted by atomic mass is 9.86. The van der Waals surface area contributed by atoms with Gasteiger partial charge >= 0.3 is 11.9 Å². The third kappa shape index (κ3) is 4.89. The van der Waals surface area contributed by atoms with Gasteiger partial charge in [0.15, 0.2) is 0 Å². The number of ether oxygens (including phenoxy) is 2. The summed E-state index contributed by atoms with van der Waals surface area (Å²) in [5, 5.41) is 4.14. The van der Waals surface area contributed by atoms with Gasteiger partial charge in [-0.1, -0.05) is 12.1 Å². The molecule has 0 unspecified atom stereocenters. The molecule has 0 aliphatic carbocycles. The van der Waals surface area contributed by atoms with E-state index in [1.165, 1.54) is 9.75 Å². The minimum absolute atomic E-state index is 0.216. The van der Waals surface area contributed by atoms with Crippen molar-refractivity contribution < 1.29 is 19.1 Å². The molecule has 38 heavy (non-hydrogen) atoms. The Bertz CT molecular complexity index is 1470. The third-order valence-electron chi connectivity index (χ3n) is 6.19. The van der Waals surface area contributed by atoms with Crippen molar-refractivity contribution >= 4 is 57.3 Å². The molecule has 4 aromatic heterocycles. The van der Waals surface area contributed by atoms with Crippen molar-refractivity contribution in [3.8, 4) is 40.4 Å². The minimum Gasteiger partial charge on any atom is -0.462 e. The number of hydrogen-bond acceptors (Lipinski definition) is 8. The second-order valence-corrected chi connectivity index (χ2v) is 12.5. The highest BCUT2D eigenvalue weighted by molar-refractivity contribution is 7.24. The highest BCUT2D eigenvalue weighted by Gasteiger charge is 2.31. The Morgan fingerprint density at radius 2 is 1.00 bits per heavy atom. The Balaban J connectivity index is 1.81. The Morgan fingerprint density at radius 3 is 1.34 bits per heavy atom. The van der Waals surface area contributed by atoms with E-state index in [0.717, 1.165) is 41.8 Å². The van der Waals surface area contributed by atoms with Crippen LogP contribution in [0.4, 0.5) is 0 Å². The molecule has 0 aliphatic rings. The normalized spacial score (nSPS) is 11.1. The maximum Gasteiger partial charge on any atom is 0.339 e. The van der Waals surface area contributed by atoms with Crippen LogP contribution in [-0.2, 0) is 9.47 Å². The molecule has 0 aliphatic heterocycles. The Kier molecular flexibility index (Phi) is 7.95. The lowest BCUT2D eigenvalue weighted by molar-refractivity contribution is 0.0477. The molecule has 0 spiro atoms. The van der Waals surface area contributed by atoms with E-state index in [1.807, 2.05) is 26.0 Å². The van der Waals surface area contributed by atoms with Gasteiger partial charge in [-0.15, -0.1) is 45.3 Å². The molecule has 0 N–H and O–H groups in total. The van der Waals surface area contributed by atoms with Crippen molar-refractivity contribution in [2.24, 2.45) is 0 Å². The van der Waals surface area contributed by atoms with Crippen molar-refractivity contribution in [2.45, 2.75) is 27.7 Å². The van der Waals surface area contributed by atoms with Crippen molar-refractivity contribution in [1.82, 2.24) is 0 Å². The lowest BCUT2D eigenvalue weighted by Crippen LogP contribution is -2.19. The summed E-state index contributed by atoms with van der Waals surface area (Å²) < 4.78 is 10.9. The molecule has 0 saturated carbocycles. The number of carbonyl (C=O) groups excluding carboxylic acids is 2. The van der Waals surface area contributed by atoms with E-state index < -0.39 is 11.9 Å². The fraction of sp³-hybridized carbons (Fsp3) is 0.200. The van der Waals surface area contributed by atoms with E-state index in [-0.39, 0.29) is 24.3 Å². The number of hydrogen-bond donors (Lipinski definition) is 0. The Labute approximate surface area is 238 Å². The number of benzene rings is 1. The average molecular weight is 579 g/mol. The third-order valence-corrected chi connectivity index (χ3v) is 10.5. The average Bonchev–Trinajstić information content (AvgIpc) is 3.71. The van der Waals surface area contributed by atoms with Crippen molar-refractivity contribution in [3.63, 3.8) is 0 Å². The van der Waals surface area contributed by atoms with Gasteiger partial charge in [-0.05, 0) is 86.0 Å². The molecular weight excluding hydrogens is 553 g/mol. The summed E-state index contributed by atoms with van der Waals surface area (Å²) in [5.41, 5.74) is 3.90. The molecular formula is C30H26O4S4. The minimum atomic E-state index is -0.510. The van der Waals surface area contributed by atoms with Gasteiger partial charge in [-0.25, -0.2) is 9.59 Å². The van der Waals surface area contributed by atoms with Crippen LogP contribution in [-0.4, -0.2) is 25.2 Å². The van der Waals surface area contributed by atoms with E-state index in [2.05, 4.69) is 47.2 Å². The molecule has 4 nitrogen and oxygen atoms in total. The van der Waals surface area contributed by atoms with Crippen LogP contribution in [0.1, 0.15) is 45.7 Å². The SMILES string of the molecule is CCOC(=O)c1c(C)c(-c2ccc(-c3cccs3)s2)c(-c2ccc(-c3cccs3)s2)c(C)c1C(=O)OCC. The van der Waals surface area contributed by atoms with Gasteiger partial charge in [-0.2, -0.15) is 0 Å². The van der Waals surface area contributed by atoms with Crippen LogP contribution < -0.4 is 0 Å². The maximum absolute atomic E-state index is 13.3. The van der Waals surface area contributed by atoms with Crippen LogP contribution in [0.15, 0.2) is 59.3 Å². The number of rotatable bonds is 8. The smallest absolute Gasteiger partial charge is 0.339 e. The largest absolute Gasteiger partial charge is 0.462 e. The summed E-state index contributed by atoms with van der Waals surface area (Å²) in [6.07, 6.45) is 0. The molecule has 4 heterocycles. The fourth-order valence-corrected chi connectivity index (χ4v) is 8.48. The second-order valence-electron chi connectivity index (χ2n) is 8.47. The monoisotopic (exact) mass is 578 g/mol. The quantitative estimate of drug-likeness (QED) is 0.172. The standard InChI is InChI=1S/C30H26O4S4/c1-5-33-29(31)27-17(3)25(23-13-11-21(37-23)19-9-7-15-35-19)26(18(4)28(27)30(32)34-6-2)24-14-12-22(38-24)20-10-8-16-36-20/h7-16H,5-6H2,1-4H3. The first-order chi connectivity index (χ1) is 18.4. The summed E-state index contributed by atoms with van der Waals surface area (Å²) in [5.74, 6) is -1.02. The fourth-order valence-electron chi connectivity index (χ4n) is 4.58. The number of carbonyl (C=O) groups is 2. The van der Waals surface area contributed by atoms with E-state index >= 15 is 0 Å². The molecule has 194 valence electrons. The van der Waals surface area contributed by atoms with E-state index in [4.69, 9.17) is 9.47 Å². The predicted octanol–water partition coefficient (Wildman–Crippen LogP) is 9.57. The summed E-state index contributed by atoms with van der Waals surface area (Å²) in [6, 6.07) is 16.8. The maximum atomic E-state index is 13.3. The van der Waals surface area contributed by atoms with Crippen molar-refractivity contribution in [3.05, 3.63) is 81.5 Å². The van der Waals surface area contributed by atoms with Gasteiger partial charge < -0.3 is 9.47 Å². The molecule has 1 aromatic carbocycles. The van der Waals surface area contributed by atoms with Gasteiger partial charge in [0.05, 0.1) is 24.3 Å². The van der Waals surface area contributed by atoms with Crippen LogP contribution in [0.5, 0.6) is 0 Å². The highest BCUT2D eigenvalue weighted by atomic mass is 32.1. The van der Waals surface area contributed by atoms with Crippen LogP contribution >= 0.6 is 45.3 Å². The zero-order valence-electron chi connectivity index (χ0n) is 21.5. The van der Waals surface area contributed by atoms with Gasteiger partial charge in [0.1, 0.15) is 0 Å². The van der Waals surface area contributed by atoms with Gasteiger partial charge in [0.25, 0.3) is 0 Å². The highest BCUT2D eigenvalue weighted by Crippen LogP contribution is 2.48. The summed E-state index contributed by atoms with van der Waals surface area (Å²) >= 11 is 6.77. The van der Waals surface area contributed by atoms with Crippen molar-refractivity contribution in [2.75, 3.05) is 13.2 Å². The Morgan fingerprint density at radius 1 is 0.605 bits per heavy atom. The molecule has 0 atom stereocenters. The number of thiophene rings is 4. The first-order valence-electron chi connectivity index (χ1n) is 12.2. The Hall–Kier alpha value is -3.04.